The summed E-state index contributed by atoms with van der Waals surface area (Å²) in [4.78, 5) is 22.9. The molecule has 1 saturated heterocycles. The van der Waals surface area contributed by atoms with Crippen molar-refractivity contribution in [2.45, 2.75) is 45.0 Å². The van der Waals surface area contributed by atoms with Gasteiger partial charge in [-0.1, -0.05) is 59.6 Å². The van der Waals surface area contributed by atoms with Crippen molar-refractivity contribution in [3.8, 4) is 45.3 Å². The Labute approximate surface area is 279 Å². The first-order chi connectivity index (χ1) is 22.2. The van der Waals surface area contributed by atoms with Crippen LogP contribution in [0.25, 0.3) is 33.6 Å². The van der Waals surface area contributed by atoms with Crippen molar-refractivity contribution in [1.82, 2.24) is 25.5 Å². The van der Waals surface area contributed by atoms with Crippen LogP contribution in [0.3, 0.4) is 0 Å². The molecule has 0 bridgehead atoms. The molecule has 5 rings (SSSR count). The molecular weight excluding hydrogens is 625 g/mol. The molecule has 3 N–H and O–H groups in total. The molecule has 0 spiro atoms. The topological polar surface area (TPSA) is 109 Å². The van der Waals surface area contributed by atoms with Crippen molar-refractivity contribution >= 4 is 29.1 Å². The summed E-state index contributed by atoms with van der Waals surface area (Å²) in [6, 6.07) is 17.6. The van der Waals surface area contributed by atoms with Gasteiger partial charge in [0.15, 0.2) is 0 Å². The van der Waals surface area contributed by atoms with Crippen LogP contribution in [0, 0.1) is 0 Å². The number of nitrogens with one attached hydrogen (secondary N) is 2. The molecule has 242 valence electrons. The number of aliphatic hydroxyl groups is 1. The quantitative estimate of drug-likeness (QED) is 0.160. The molecule has 0 unspecified atom stereocenters. The molecule has 1 aliphatic heterocycles. The van der Waals surface area contributed by atoms with Gasteiger partial charge in [-0.15, -0.1) is 0 Å². The highest BCUT2D eigenvalue weighted by atomic mass is 35.5. The van der Waals surface area contributed by atoms with Crippen molar-refractivity contribution < 1.29 is 19.4 Å². The Morgan fingerprint density at radius 2 is 1.80 bits per heavy atom. The van der Waals surface area contributed by atoms with E-state index in [0.717, 1.165) is 39.8 Å². The summed E-state index contributed by atoms with van der Waals surface area (Å²) in [5.41, 5.74) is 6.21. The number of halogens is 2. The lowest BCUT2D eigenvalue weighted by molar-refractivity contribution is -0.119. The van der Waals surface area contributed by atoms with E-state index in [1.165, 1.54) is 0 Å². The zero-order chi connectivity index (χ0) is 32.8. The highest BCUT2D eigenvalue weighted by Crippen LogP contribution is 2.42. The number of ether oxygens (including phenoxy) is 2. The molecule has 0 aliphatic carbocycles. The molecular formula is C35H39Cl2N5O4. The van der Waals surface area contributed by atoms with Crippen LogP contribution in [-0.2, 0) is 17.9 Å². The lowest BCUT2D eigenvalue weighted by Gasteiger charge is -2.20. The number of hydrogen-bond acceptors (Lipinski definition) is 8. The third kappa shape index (κ3) is 7.79. The maximum atomic E-state index is 11.5. The van der Waals surface area contributed by atoms with Gasteiger partial charge in [0.05, 0.1) is 41.8 Å². The van der Waals surface area contributed by atoms with E-state index >= 15 is 0 Å². The number of pyridine rings is 2. The Kier molecular flexibility index (Phi) is 11.1. The van der Waals surface area contributed by atoms with Gasteiger partial charge in [-0.05, 0) is 38.6 Å². The van der Waals surface area contributed by atoms with Crippen LogP contribution in [0.2, 0.25) is 10.0 Å². The first-order valence-electron chi connectivity index (χ1n) is 15.2. The standard InChI is InChI=1S/C35H39Cl2N5O4/c1-21(43)19-42(2)20-24-9-8-22(16-30(24)45-3)34-33(37)27(14-15-39-34)26-6-5-7-28(32(26)36)29-12-10-23(35(41-29)46-4)17-38-18-25-11-13-31(44)40-25/h5-10,12,14-16,21,25,38,43H,11,13,17-20H2,1-4H3,(H,40,44)/t21-,25-/m0/s1. The summed E-state index contributed by atoms with van der Waals surface area (Å²) in [6.07, 6.45) is 2.70. The first kappa shape index (κ1) is 33.6. The summed E-state index contributed by atoms with van der Waals surface area (Å²) in [5, 5.41) is 17.1. The molecule has 1 amide bonds. The van der Waals surface area contributed by atoms with Gasteiger partial charge < -0.3 is 25.2 Å². The number of benzene rings is 2. The Morgan fingerprint density at radius 3 is 2.52 bits per heavy atom. The van der Waals surface area contributed by atoms with E-state index in [1.54, 1.807) is 27.3 Å². The van der Waals surface area contributed by atoms with Gasteiger partial charge in [0.25, 0.3) is 0 Å². The van der Waals surface area contributed by atoms with Gasteiger partial charge in [-0.25, -0.2) is 4.98 Å². The summed E-state index contributed by atoms with van der Waals surface area (Å²) < 4.78 is 11.3. The van der Waals surface area contributed by atoms with Crippen molar-refractivity contribution in [3.05, 3.63) is 82.0 Å². The average Bonchev–Trinajstić information content (AvgIpc) is 3.46. The van der Waals surface area contributed by atoms with Gasteiger partial charge in [0.2, 0.25) is 11.8 Å². The van der Waals surface area contributed by atoms with E-state index in [2.05, 4.69) is 15.6 Å². The maximum absolute atomic E-state index is 11.5. The molecule has 11 heteroatoms. The molecule has 4 aromatic rings. The van der Waals surface area contributed by atoms with Gasteiger partial charge in [-0.3, -0.25) is 14.7 Å². The molecule has 3 heterocycles. The largest absolute Gasteiger partial charge is 0.496 e. The third-order valence-electron chi connectivity index (χ3n) is 7.95. The van der Waals surface area contributed by atoms with Crippen molar-refractivity contribution in [1.29, 1.82) is 0 Å². The first-order valence-corrected chi connectivity index (χ1v) is 16.0. The Bertz CT molecular complexity index is 1700. The number of aliphatic hydroxyl groups excluding tert-OH is 1. The highest BCUT2D eigenvalue weighted by molar-refractivity contribution is 6.39. The van der Waals surface area contributed by atoms with E-state index < -0.39 is 6.10 Å². The molecule has 2 aromatic heterocycles. The lowest BCUT2D eigenvalue weighted by atomic mass is 9.99. The zero-order valence-electron chi connectivity index (χ0n) is 26.4. The Morgan fingerprint density at radius 1 is 1.04 bits per heavy atom. The fourth-order valence-electron chi connectivity index (χ4n) is 5.76. The monoisotopic (exact) mass is 663 g/mol. The molecule has 0 radical (unpaired) electrons. The van der Waals surface area contributed by atoms with Crippen LogP contribution in [0.5, 0.6) is 11.6 Å². The smallest absolute Gasteiger partial charge is 0.220 e. The van der Waals surface area contributed by atoms with Gasteiger partial charge in [-0.2, -0.15) is 0 Å². The maximum Gasteiger partial charge on any atom is 0.220 e. The molecule has 2 aromatic carbocycles. The summed E-state index contributed by atoms with van der Waals surface area (Å²) in [5.74, 6) is 1.31. The van der Waals surface area contributed by atoms with Crippen LogP contribution in [0.15, 0.2) is 60.8 Å². The van der Waals surface area contributed by atoms with Crippen LogP contribution >= 0.6 is 23.2 Å². The second-order valence-electron chi connectivity index (χ2n) is 11.6. The van der Waals surface area contributed by atoms with Crippen molar-refractivity contribution in [2.75, 3.05) is 34.4 Å². The Balaban J connectivity index is 1.40. The second kappa shape index (κ2) is 15.2. The minimum Gasteiger partial charge on any atom is -0.496 e. The average molecular weight is 665 g/mol. The normalized spacial score (nSPS) is 15.2. The van der Waals surface area contributed by atoms with Crippen LogP contribution in [0.4, 0.5) is 0 Å². The van der Waals surface area contributed by atoms with E-state index in [0.29, 0.717) is 65.7 Å². The van der Waals surface area contributed by atoms with Crippen molar-refractivity contribution in [3.63, 3.8) is 0 Å². The van der Waals surface area contributed by atoms with E-state index in [1.807, 2.05) is 66.5 Å². The Hall–Kier alpha value is -3.73. The number of nitrogens with zero attached hydrogens (tertiary/aromatic N) is 3. The molecule has 0 saturated carbocycles. The highest BCUT2D eigenvalue weighted by Gasteiger charge is 2.21. The molecule has 1 fully saturated rings. The number of rotatable bonds is 13. The number of likely N-dealkylation sites (N-methyl/N-ethyl adjacent to an activating group) is 1. The number of hydrogen-bond donors (Lipinski definition) is 3. The second-order valence-corrected chi connectivity index (χ2v) is 12.3. The number of amides is 1. The molecule has 1 aliphatic rings. The predicted molar refractivity (Wildman–Crippen MR) is 182 cm³/mol. The fraction of sp³-hybridized carbons (Fsp3) is 0.343. The summed E-state index contributed by atoms with van der Waals surface area (Å²) in [6.45, 7) is 4.16. The van der Waals surface area contributed by atoms with Crippen LogP contribution < -0.4 is 20.1 Å². The van der Waals surface area contributed by atoms with E-state index in [-0.39, 0.29) is 11.9 Å². The number of carbonyl (C=O) groups is 1. The van der Waals surface area contributed by atoms with Gasteiger partial charge in [0, 0.05) is 78.2 Å². The molecule has 9 nitrogen and oxygen atoms in total. The van der Waals surface area contributed by atoms with Gasteiger partial charge in [0.1, 0.15) is 5.75 Å². The van der Waals surface area contributed by atoms with Gasteiger partial charge >= 0.3 is 0 Å². The summed E-state index contributed by atoms with van der Waals surface area (Å²) in [7, 11) is 5.19. The minimum atomic E-state index is -0.426. The molecule has 2 atom stereocenters. The van der Waals surface area contributed by atoms with Crippen LogP contribution in [-0.4, -0.2) is 72.4 Å². The van der Waals surface area contributed by atoms with Crippen LogP contribution in [0.1, 0.15) is 30.9 Å². The number of carbonyl (C=O) groups excluding carboxylic acids is 1. The zero-order valence-corrected chi connectivity index (χ0v) is 28.0. The summed E-state index contributed by atoms with van der Waals surface area (Å²) >= 11 is 14.1. The minimum absolute atomic E-state index is 0.0990. The number of aromatic nitrogens is 2. The predicted octanol–water partition coefficient (Wildman–Crippen LogP) is 5.98. The van der Waals surface area contributed by atoms with E-state index in [4.69, 9.17) is 37.7 Å². The lowest BCUT2D eigenvalue weighted by Crippen LogP contribution is -2.35. The third-order valence-corrected chi connectivity index (χ3v) is 8.74. The fourth-order valence-corrected chi connectivity index (χ4v) is 6.41. The molecule has 46 heavy (non-hydrogen) atoms. The van der Waals surface area contributed by atoms with E-state index in [9.17, 15) is 9.90 Å². The SMILES string of the molecule is COc1cc(-c2nccc(-c3cccc(-c4ccc(CNC[C@@H]5CCC(=O)N5)c(OC)n4)c3Cl)c2Cl)ccc1CN(C)C[C@H](C)O. The van der Waals surface area contributed by atoms with Crippen molar-refractivity contribution in [2.24, 2.45) is 0 Å². The number of methoxy groups -OCH3 is 2.